The lowest BCUT2D eigenvalue weighted by atomic mass is 10.1. The highest BCUT2D eigenvalue weighted by Gasteiger charge is 2.11. The first-order valence-electron chi connectivity index (χ1n) is 8.63. The lowest BCUT2D eigenvalue weighted by Crippen LogP contribution is -2.15. The molecule has 0 bridgehead atoms. The van der Waals surface area contributed by atoms with Crippen molar-refractivity contribution in [1.29, 1.82) is 0 Å². The van der Waals surface area contributed by atoms with Gasteiger partial charge in [-0.2, -0.15) is 0 Å². The highest BCUT2D eigenvalue weighted by atomic mass is 16.1. The average Bonchev–Trinajstić information content (AvgIpc) is 2.66. The minimum Gasteiger partial charge on any atom is -0.324 e. The zero-order valence-corrected chi connectivity index (χ0v) is 15.2. The Hall–Kier alpha value is -3.21. The molecule has 5 nitrogen and oxygen atoms in total. The van der Waals surface area contributed by atoms with Crippen molar-refractivity contribution in [3.05, 3.63) is 77.1 Å². The smallest absolute Gasteiger partial charge is 0.274 e. The van der Waals surface area contributed by atoms with Crippen molar-refractivity contribution < 1.29 is 4.79 Å². The standard InChI is InChI=1S/C21H22N4O/c1-4-16-8-10-17(11-9-16)23-21-22-13-12-19(25-21)20(26)24-18-7-5-6-14(2)15(18)3/h5-13H,4H2,1-3H3,(H,24,26)(H,22,23,25). The van der Waals surface area contributed by atoms with Gasteiger partial charge in [0, 0.05) is 17.6 Å². The van der Waals surface area contributed by atoms with Crippen LogP contribution >= 0.6 is 0 Å². The second-order valence-corrected chi connectivity index (χ2v) is 6.14. The summed E-state index contributed by atoms with van der Waals surface area (Å²) in [5.41, 5.74) is 5.42. The topological polar surface area (TPSA) is 66.9 Å². The molecule has 0 saturated carbocycles. The molecule has 1 heterocycles. The third-order valence-corrected chi connectivity index (χ3v) is 4.36. The fraction of sp³-hybridized carbons (Fsp3) is 0.190. The molecule has 0 aliphatic heterocycles. The van der Waals surface area contributed by atoms with Crippen LogP contribution in [-0.2, 0) is 6.42 Å². The van der Waals surface area contributed by atoms with Crippen molar-refractivity contribution in [2.24, 2.45) is 0 Å². The maximum atomic E-state index is 12.5. The molecular formula is C21H22N4O. The number of nitrogens with one attached hydrogen (secondary N) is 2. The first-order chi connectivity index (χ1) is 12.6. The van der Waals surface area contributed by atoms with Crippen LogP contribution in [0.3, 0.4) is 0 Å². The third-order valence-electron chi connectivity index (χ3n) is 4.36. The first-order valence-corrected chi connectivity index (χ1v) is 8.63. The fourth-order valence-corrected chi connectivity index (χ4v) is 2.57. The maximum absolute atomic E-state index is 12.5. The normalized spacial score (nSPS) is 10.4. The quantitative estimate of drug-likeness (QED) is 0.705. The van der Waals surface area contributed by atoms with Gasteiger partial charge in [0.15, 0.2) is 0 Å². The van der Waals surface area contributed by atoms with E-state index in [2.05, 4.69) is 39.7 Å². The molecule has 2 N–H and O–H groups in total. The van der Waals surface area contributed by atoms with Gasteiger partial charge in [0.2, 0.25) is 5.95 Å². The van der Waals surface area contributed by atoms with Gasteiger partial charge in [-0.15, -0.1) is 0 Å². The Morgan fingerprint density at radius 1 is 1.04 bits per heavy atom. The summed E-state index contributed by atoms with van der Waals surface area (Å²) >= 11 is 0. The molecule has 132 valence electrons. The van der Waals surface area contributed by atoms with Crippen molar-refractivity contribution in [3.8, 4) is 0 Å². The van der Waals surface area contributed by atoms with E-state index in [4.69, 9.17) is 0 Å². The van der Waals surface area contributed by atoms with Crippen LogP contribution in [-0.4, -0.2) is 15.9 Å². The molecule has 1 aromatic heterocycles. The molecule has 1 amide bonds. The van der Waals surface area contributed by atoms with Crippen molar-refractivity contribution in [1.82, 2.24) is 9.97 Å². The predicted octanol–water partition coefficient (Wildman–Crippen LogP) is 4.65. The Balaban J connectivity index is 1.75. The Morgan fingerprint density at radius 2 is 1.81 bits per heavy atom. The molecule has 0 radical (unpaired) electrons. The first kappa shape index (κ1) is 17.6. The lowest BCUT2D eigenvalue weighted by Gasteiger charge is -2.11. The molecule has 0 unspecified atom stereocenters. The van der Waals surface area contributed by atoms with Gasteiger partial charge in [0.25, 0.3) is 5.91 Å². The van der Waals surface area contributed by atoms with Crippen molar-refractivity contribution in [2.75, 3.05) is 10.6 Å². The molecule has 0 aliphatic rings. The van der Waals surface area contributed by atoms with Crippen molar-refractivity contribution in [3.63, 3.8) is 0 Å². The molecule has 5 heteroatoms. The van der Waals surface area contributed by atoms with Crippen LogP contribution in [0.2, 0.25) is 0 Å². The van der Waals surface area contributed by atoms with Gasteiger partial charge in [-0.1, -0.05) is 31.2 Å². The second kappa shape index (κ2) is 7.78. The SMILES string of the molecule is CCc1ccc(Nc2nccc(C(=O)Nc3cccc(C)c3C)n2)cc1. The number of nitrogens with zero attached hydrogens (tertiary/aromatic N) is 2. The molecule has 0 saturated heterocycles. The van der Waals surface area contributed by atoms with Crippen molar-refractivity contribution >= 4 is 23.2 Å². The monoisotopic (exact) mass is 346 g/mol. The Bertz CT molecular complexity index is 920. The minimum atomic E-state index is -0.259. The fourth-order valence-electron chi connectivity index (χ4n) is 2.57. The number of aryl methyl sites for hydroxylation is 2. The third kappa shape index (κ3) is 4.06. The van der Waals surface area contributed by atoms with E-state index in [1.807, 2.05) is 44.2 Å². The van der Waals surface area contributed by atoms with E-state index < -0.39 is 0 Å². The highest BCUT2D eigenvalue weighted by Crippen LogP contribution is 2.19. The number of amides is 1. The number of aromatic nitrogens is 2. The Labute approximate surface area is 153 Å². The summed E-state index contributed by atoms with van der Waals surface area (Å²) in [4.78, 5) is 21.1. The number of benzene rings is 2. The van der Waals surface area contributed by atoms with Crippen LogP contribution in [0, 0.1) is 13.8 Å². The van der Waals surface area contributed by atoms with E-state index >= 15 is 0 Å². The summed E-state index contributed by atoms with van der Waals surface area (Å²) in [6.45, 7) is 6.11. The van der Waals surface area contributed by atoms with Gasteiger partial charge < -0.3 is 10.6 Å². The zero-order valence-electron chi connectivity index (χ0n) is 15.2. The van der Waals surface area contributed by atoms with E-state index in [-0.39, 0.29) is 5.91 Å². The van der Waals surface area contributed by atoms with Gasteiger partial charge in [0.05, 0.1) is 0 Å². The Kier molecular flexibility index (Phi) is 5.27. The summed E-state index contributed by atoms with van der Waals surface area (Å²) in [6.07, 6.45) is 2.57. The van der Waals surface area contributed by atoms with Gasteiger partial charge >= 0.3 is 0 Å². The van der Waals surface area contributed by atoms with E-state index in [0.29, 0.717) is 11.6 Å². The van der Waals surface area contributed by atoms with Gasteiger partial charge in [-0.25, -0.2) is 9.97 Å². The molecule has 3 rings (SSSR count). The number of carbonyl (C=O) groups is 1. The largest absolute Gasteiger partial charge is 0.324 e. The molecule has 0 fully saturated rings. The highest BCUT2D eigenvalue weighted by molar-refractivity contribution is 6.03. The van der Waals surface area contributed by atoms with E-state index in [1.165, 1.54) is 5.56 Å². The summed E-state index contributed by atoms with van der Waals surface area (Å²) in [7, 11) is 0. The summed E-state index contributed by atoms with van der Waals surface area (Å²) < 4.78 is 0. The van der Waals surface area contributed by atoms with Gasteiger partial charge in [-0.05, 0) is 61.2 Å². The number of hydrogen-bond acceptors (Lipinski definition) is 4. The average molecular weight is 346 g/mol. The molecule has 3 aromatic rings. The number of rotatable bonds is 5. The van der Waals surface area contributed by atoms with Gasteiger partial charge in [-0.3, -0.25) is 4.79 Å². The van der Waals surface area contributed by atoms with E-state index in [0.717, 1.165) is 28.9 Å². The van der Waals surface area contributed by atoms with E-state index in [1.54, 1.807) is 12.3 Å². The summed E-state index contributed by atoms with van der Waals surface area (Å²) in [5.74, 6) is 0.133. The van der Waals surface area contributed by atoms with Crippen LogP contribution in [0.4, 0.5) is 17.3 Å². The summed E-state index contributed by atoms with van der Waals surface area (Å²) in [6, 6.07) is 15.5. The number of hydrogen-bond donors (Lipinski definition) is 2. The predicted molar refractivity (Wildman–Crippen MR) is 105 cm³/mol. The van der Waals surface area contributed by atoms with Crippen LogP contribution in [0.5, 0.6) is 0 Å². The number of carbonyl (C=O) groups excluding carboxylic acids is 1. The number of anilines is 3. The molecule has 0 atom stereocenters. The zero-order chi connectivity index (χ0) is 18.5. The maximum Gasteiger partial charge on any atom is 0.274 e. The minimum absolute atomic E-state index is 0.259. The molecule has 0 aliphatic carbocycles. The van der Waals surface area contributed by atoms with Crippen molar-refractivity contribution in [2.45, 2.75) is 27.2 Å². The van der Waals surface area contributed by atoms with Crippen LogP contribution in [0.1, 0.15) is 34.1 Å². The second-order valence-electron chi connectivity index (χ2n) is 6.14. The molecule has 0 spiro atoms. The van der Waals surface area contributed by atoms with E-state index in [9.17, 15) is 4.79 Å². The Morgan fingerprint density at radius 3 is 2.54 bits per heavy atom. The summed E-state index contributed by atoms with van der Waals surface area (Å²) in [5, 5.41) is 6.05. The molecular weight excluding hydrogens is 324 g/mol. The van der Waals surface area contributed by atoms with Gasteiger partial charge in [0.1, 0.15) is 5.69 Å². The molecule has 2 aromatic carbocycles. The molecule has 26 heavy (non-hydrogen) atoms. The van der Waals surface area contributed by atoms with Crippen LogP contribution in [0.25, 0.3) is 0 Å². The van der Waals surface area contributed by atoms with Crippen LogP contribution in [0.15, 0.2) is 54.7 Å². The van der Waals surface area contributed by atoms with Crippen LogP contribution < -0.4 is 10.6 Å². The lowest BCUT2D eigenvalue weighted by molar-refractivity contribution is 0.102.